The average Bonchev–Trinajstić information content (AvgIpc) is 2.14. The van der Waals surface area contributed by atoms with E-state index >= 15 is 0 Å². The van der Waals surface area contributed by atoms with Crippen LogP contribution >= 0.6 is 0 Å². The van der Waals surface area contributed by atoms with Crippen molar-refractivity contribution in [1.82, 2.24) is 5.43 Å². The molecule has 8 heavy (non-hydrogen) atoms. The molecule has 1 amide bonds. The Morgan fingerprint density at radius 3 is 2.75 bits per heavy atom. The van der Waals surface area contributed by atoms with E-state index in [2.05, 4.69) is 20.0 Å². The van der Waals surface area contributed by atoms with Gasteiger partial charge in [0.15, 0.2) is 0 Å². The summed E-state index contributed by atoms with van der Waals surface area (Å²) in [5.74, 6) is 0. The minimum Gasteiger partial charge on any atom is -0.452 e. The number of hydrogen-bond acceptors (Lipinski definition) is 4. The number of carbonyl (C=O) groups is 1. The molecule has 0 aromatic carbocycles. The van der Waals surface area contributed by atoms with Crippen LogP contribution in [0.1, 0.15) is 0 Å². The lowest BCUT2D eigenvalue weighted by atomic mass is 11.2. The van der Waals surface area contributed by atoms with Crippen LogP contribution in [0.4, 0.5) is 4.79 Å². The SMILES string of the molecule is COC1=N[N]C(=O)O1. The maximum atomic E-state index is 10.0. The van der Waals surface area contributed by atoms with Gasteiger partial charge < -0.3 is 9.47 Å². The van der Waals surface area contributed by atoms with Crippen LogP contribution in [0.5, 0.6) is 0 Å². The predicted molar refractivity (Wildman–Crippen MR) is 23.1 cm³/mol. The number of carbonyl (C=O) groups excluding carboxylic acids is 1. The van der Waals surface area contributed by atoms with E-state index in [1.54, 1.807) is 0 Å². The fourth-order valence-electron chi connectivity index (χ4n) is 0.280. The van der Waals surface area contributed by atoms with Crippen LogP contribution in [0.3, 0.4) is 0 Å². The maximum absolute atomic E-state index is 10.0. The fourth-order valence-corrected chi connectivity index (χ4v) is 0.280. The van der Waals surface area contributed by atoms with Crippen LogP contribution in [-0.4, -0.2) is 19.3 Å². The lowest BCUT2D eigenvalue weighted by Gasteiger charge is -1.89. The Balaban J connectivity index is 2.49. The van der Waals surface area contributed by atoms with E-state index < -0.39 is 6.09 Å². The number of rotatable bonds is 0. The Kier molecular flexibility index (Phi) is 1.03. The summed E-state index contributed by atoms with van der Waals surface area (Å²) in [6.07, 6.45) is -0.836. The van der Waals surface area contributed by atoms with Crippen LogP contribution in [0.25, 0.3) is 0 Å². The van der Waals surface area contributed by atoms with Gasteiger partial charge in [-0.05, 0) is 0 Å². The van der Waals surface area contributed by atoms with Gasteiger partial charge in [-0.2, -0.15) is 0 Å². The molecule has 1 heterocycles. The Labute approximate surface area is 45.3 Å². The van der Waals surface area contributed by atoms with Crippen LogP contribution in [0, 0.1) is 0 Å². The summed E-state index contributed by atoms with van der Waals surface area (Å²) in [7, 11) is 1.34. The number of hydrogen-bond donors (Lipinski definition) is 0. The maximum Gasteiger partial charge on any atom is 0.461 e. The van der Waals surface area contributed by atoms with Gasteiger partial charge in [-0.1, -0.05) is 10.5 Å². The number of methoxy groups -OCH3 is 1. The molecule has 1 rings (SSSR count). The smallest absolute Gasteiger partial charge is 0.452 e. The molecule has 0 spiro atoms. The first-order valence-corrected chi connectivity index (χ1v) is 1.87. The summed E-state index contributed by atoms with van der Waals surface area (Å²) in [6, 6.07) is 0. The van der Waals surface area contributed by atoms with Gasteiger partial charge in [0.05, 0.1) is 7.11 Å². The number of cyclic esters (lactones) is 1. The van der Waals surface area contributed by atoms with E-state index in [0.29, 0.717) is 0 Å². The van der Waals surface area contributed by atoms with Gasteiger partial charge in [0.25, 0.3) is 0 Å². The Bertz CT molecular complexity index is 141. The van der Waals surface area contributed by atoms with E-state index in [1.807, 2.05) is 0 Å². The van der Waals surface area contributed by atoms with Crippen LogP contribution in [0.15, 0.2) is 5.10 Å². The average molecular weight is 115 g/mol. The molecule has 43 valence electrons. The number of amides is 1. The minimum absolute atomic E-state index is 0.102. The van der Waals surface area contributed by atoms with E-state index in [-0.39, 0.29) is 6.08 Å². The molecule has 1 aliphatic heterocycles. The summed E-state index contributed by atoms with van der Waals surface area (Å²) in [6.45, 7) is 0. The topological polar surface area (TPSA) is 62.0 Å². The molecule has 0 saturated carbocycles. The first kappa shape index (κ1) is 4.89. The molecule has 0 bridgehead atoms. The van der Waals surface area contributed by atoms with Gasteiger partial charge in [0.1, 0.15) is 0 Å². The Morgan fingerprint density at radius 2 is 2.50 bits per heavy atom. The predicted octanol–water partition coefficient (Wildman–Crippen LogP) is -0.342. The molecule has 0 unspecified atom stereocenters. The van der Waals surface area contributed by atoms with Gasteiger partial charge in [0.2, 0.25) is 0 Å². The van der Waals surface area contributed by atoms with Gasteiger partial charge >= 0.3 is 12.2 Å². The second kappa shape index (κ2) is 1.69. The summed E-state index contributed by atoms with van der Waals surface area (Å²) in [4.78, 5) is 10.0. The van der Waals surface area contributed by atoms with Crippen molar-refractivity contribution in [3.8, 4) is 0 Å². The van der Waals surface area contributed by atoms with Crippen molar-refractivity contribution in [3.05, 3.63) is 0 Å². The van der Waals surface area contributed by atoms with Crippen LogP contribution in [0.2, 0.25) is 0 Å². The minimum atomic E-state index is -0.734. The molecule has 0 N–H and O–H groups in total. The van der Waals surface area contributed by atoms with Crippen molar-refractivity contribution >= 4 is 12.2 Å². The highest BCUT2D eigenvalue weighted by Gasteiger charge is 2.17. The molecule has 0 atom stereocenters. The zero-order valence-electron chi connectivity index (χ0n) is 4.12. The first-order chi connectivity index (χ1) is 3.83. The molecular formula is C3H3N2O3. The quantitative estimate of drug-likeness (QED) is 0.433. The van der Waals surface area contributed by atoms with Gasteiger partial charge in [-0.3, -0.25) is 0 Å². The van der Waals surface area contributed by atoms with Crippen LogP contribution < -0.4 is 5.43 Å². The zero-order valence-corrected chi connectivity index (χ0v) is 4.12. The molecule has 5 nitrogen and oxygen atoms in total. The Morgan fingerprint density at radius 1 is 1.75 bits per heavy atom. The zero-order chi connectivity index (χ0) is 5.98. The van der Waals surface area contributed by atoms with E-state index in [0.717, 1.165) is 0 Å². The fraction of sp³-hybridized carbons (Fsp3) is 0.333. The first-order valence-electron chi connectivity index (χ1n) is 1.87. The Hall–Kier alpha value is -1.26. The molecule has 0 aromatic rings. The summed E-state index contributed by atoms with van der Waals surface area (Å²) in [5.41, 5.74) is 2.99. The van der Waals surface area contributed by atoms with Gasteiger partial charge in [-0.25, -0.2) is 4.79 Å². The molecule has 0 saturated heterocycles. The van der Waals surface area contributed by atoms with Crippen LogP contribution in [-0.2, 0) is 9.47 Å². The van der Waals surface area contributed by atoms with E-state index in [9.17, 15) is 4.79 Å². The van der Waals surface area contributed by atoms with Crippen molar-refractivity contribution in [3.63, 3.8) is 0 Å². The molecule has 1 radical (unpaired) electrons. The van der Waals surface area contributed by atoms with E-state index in [4.69, 9.17) is 0 Å². The van der Waals surface area contributed by atoms with Crippen molar-refractivity contribution in [2.45, 2.75) is 0 Å². The van der Waals surface area contributed by atoms with E-state index in [1.165, 1.54) is 7.11 Å². The standard InChI is InChI=1S/C3H3N2O3/c1-7-3-5-4-2(6)8-3/h1H3. The summed E-state index contributed by atoms with van der Waals surface area (Å²) in [5, 5.41) is 3.18. The normalized spacial score (nSPS) is 16.6. The third-order valence-corrected chi connectivity index (χ3v) is 0.563. The van der Waals surface area contributed by atoms with Crippen molar-refractivity contribution < 1.29 is 14.3 Å². The third kappa shape index (κ3) is 0.699. The number of ether oxygens (including phenoxy) is 2. The highest BCUT2D eigenvalue weighted by Crippen LogP contribution is 1.92. The molecule has 0 fully saturated rings. The monoisotopic (exact) mass is 115 g/mol. The highest BCUT2D eigenvalue weighted by atomic mass is 16.7. The molecule has 0 aromatic heterocycles. The number of nitrogens with zero attached hydrogens (tertiary/aromatic N) is 2. The third-order valence-electron chi connectivity index (χ3n) is 0.563. The molecular weight excluding hydrogens is 112 g/mol. The second-order valence-electron chi connectivity index (χ2n) is 1.04. The van der Waals surface area contributed by atoms with Crippen molar-refractivity contribution in [1.29, 1.82) is 0 Å². The summed E-state index contributed by atoms with van der Waals surface area (Å²) >= 11 is 0. The lowest BCUT2D eigenvalue weighted by molar-refractivity contribution is 0.188. The molecule has 0 aliphatic carbocycles. The van der Waals surface area contributed by atoms with Crippen molar-refractivity contribution in [2.75, 3.05) is 7.11 Å². The molecule has 5 heteroatoms. The lowest BCUT2D eigenvalue weighted by Crippen LogP contribution is -2.05. The van der Waals surface area contributed by atoms with Gasteiger partial charge in [-0.15, -0.1) is 0 Å². The van der Waals surface area contributed by atoms with Crippen molar-refractivity contribution in [2.24, 2.45) is 5.10 Å². The highest BCUT2D eigenvalue weighted by molar-refractivity contribution is 5.87. The second-order valence-corrected chi connectivity index (χ2v) is 1.04. The summed E-state index contributed by atoms with van der Waals surface area (Å²) < 4.78 is 8.63. The van der Waals surface area contributed by atoms with Gasteiger partial charge in [0, 0.05) is 0 Å². The molecule has 1 aliphatic rings. The largest absolute Gasteiger partial charge is 0.461 e.